The quantitative estimate of drug-likeness (QED) is 0.603. The van der Waals surface area contributed by atoms with Crippen LogP contribution in [-0.4, -0.2) is 25.0 Å². The molecule has 0 saturated carbocycles. The molecule has 0 amide bonds. The smallest absolute Gasteiger partial charge is 0.00942 e. The molecule has 0 bridgehead atoms. The van der Waals surface area contributed by atoms with E-state index in [0.29, 0.717) is 0 Å². The minimum Gasteiger partial charge on any atom is -0.306 e. The summed E-state index contributed by atoms with van der Waals surface area (Å²) >= 11 is 0. The summed E-state index contributed by atoms with van der Waals surface area (Å²) in [7, 11) is 4.44. The molecular formula is C13H29N. The zero-order valence-corrected chi connectivity index (χ0v) is 11.0. The molecule has 1 nitrogen and oxygen atoms in total. The summed E-state index contributed by atoms with van der Waals surface area (Å²) in [6.07, 6.45) is 5.33. The lowest BCUT2D eigenvalue weighted by Gasteiger charge is -2.29. The Morgan fingerprint density at radius 1 is 0.857 bits per heavy atom. The van der Waals surface area contributed by atoms with Gasteiger partial charge in [0.05, 0.1) is 0 Å². The lowest BCUT2D eigenvalue weighted by atomic mass is 9.91. The first-order valence-electron chi connectivity index (χ1n) is 6.17. The van der Waals surface area contributed by atoms with Crippen LogP contribution in [0.15, 0.2) is 0 Å². The van der Waals surface area contributed by atoms with E-state index in [1.54, 1.807) is 0 Å². The van der Waals surface area contributed by atoms with Crippen molar-refractivity contribution in [2.24, 2.45) is 11.8 Å². The number of hydrogen-bond acceptors (Lipinski definition) is 1. The van der Waals surface area contributed by atoms with Gasteiger partial charge in [-0.1, -0.05) is 40.5 Å². The van der Waals surface area contributed by atoms with E-state index in [-0.39, 0.29) is 0 Å². The predicted molar refractivity (Wildman–Crippen MR) is 65.6 cm³/mol. The van der Waals surface area contributed by atoms with Crippen molar-refractivity contribution in [3.63, 3.8) is 0 Å². The molecule has 0 rings (SSSR count). The number of nitrogens with zero attached hydrogens (tertiary/aromatic N) is 1. The third kappa shape index (κ3) is 5.64. The van der Waals surface area contributed by atoms with Gasteiger partial charge in [0.1, 0.15) is 0 Å². The predicted octanol–water partition coefficient (Wildman–Crippen LogP) is 3.79. The Kier molecular flexibility index (Phi) is 7.26. The van der Waals surface area contributed by atoms with E-state index in [0.717, 1.165) is 17.9 Å². The summed E-state index contributed by atoms with van der Waals surface area (Å²) in [5.41, 5.74) is 0. The van der Waals surface area contributed by atoms with E-state index in [4.69, 9.17) is 0 Å². The third-order valence-corrected chi connectivity index (χ3v) is 3.47. The van der Waals surface area contributed by atoms with Crippen LogP contribution in [0.25, 0.3) is 0 Å². The molecule has 2 atom stereocenters. The van der Waals surface area contributed by atoms with Crippen molar-refractivity contribution in [1.29, 1.82) is 0 Å². The Bertz CT molecular complexity index is 119. The van der Waals surface area contributed by atoms with Crippen LogP contribution in [0.5, 0.6) is 0 Å². The molecule has 1 heteroatoms. The fourth-order valence-electron chi connectivity index (χ4n) is 1.78. The largest absolute Gasteiger partial charge is 0.306 e. The third-order valence-electron chi connectivity index (χ3n) is 3.47. The van der Waals surface area contributed by atoms with Gasteiger partial charge in [-0.05, 0) is 38.8 Å². The molecule has 0 spiro atoms. The highest BCUT2D eigenvalue weighted by molar-refractivity contribution is 4.71. The van der Waals surface area contributed by atoms with Gasteiger partial charge >= 0.3 is 0 Å². The van der Waals surface area contributed by atoms with E-state index < -0.39 is 0 Å². The SMILES string of the molecule is CCC(C)CC(CC(C)CC)N(C)C. The topological polar surface area (TPSA) is 3.24 Å². The van der Waals surface area contributed by atoms with Crippen LogP contribution < -0.4 is 0 Å². The summed E-state index contributed by atoms with van der Waals surface area (Å²) < 4.78 is 0. The molecule has 0 aromatic heterocycles. The molecule has 0 aromatic carbocycles. The average molecular weight is 199 g/mol. The van der Waals surface area contributed by atoms with Gasteiger partial charge in [0.15, 0.2) is 0 Å². The molecular weight excluding hydrogens is 170 g/mol. The monoisotopic (exact) mass is 199 g/mol. The first kappa shape index (κ1) is 14.0. The first-order valence-corrected chi connectivity index (χ1v) is 6.17. The van der Waals surface area contributed by atoms with Crippen LogP contribution in [0.3, 0.4) is 0 Å². The van der Waals surface area contributed by atoms with Crippen LogP contribution in [0.4, 0.5) is 0 Å². The molecule has 0 saturated heterocycles. The van der Waals surface area contributed by atoms with E-state index >= 15 is 0 Å². The summed E-state index contributed by atoms with van der Waals surface area (Å²) in [5.74, 6) is 1.73. The van der Waals surface area contributed by atoms with Gasteiger partial charge < -0.3 is 4.90 Å². The van der Waals surface area contributed by atoms with Crippen molar-refractivity contribution in [3.05, 3.63) is 0 Å². The summed E-state index contributed by atoms with van der Waals surface area (Å²) in [4.78, 5) is 2.40. The average Bonchev–Trinajstić information content (AvgIpc) is 2.16. The molecule has 86 valence electrons. The van der Waals surface area contributed by atoms with Crippen molar-refractivity contribution in [2.45, 2.75) is 59.4 Å². The maximum atomic E-state index is 2.40. The van der Waals surface area contributed by atoms with E-state index in [1.807, 2.05) is 0 Å². The highest BCUT2D eigenvalue weighted by Crippen LogP contribution is 2.20. The molecule has 0 radical (unpaired) electrons. The lowest BCUT2D eigenvalue weighted by Crippen LogP contribution is -2.31. The summed E-state index contributed by atoms with van der Waals surface area (Å²) in [6.45, 7) is 9.32. The highest BCUT2D eigenvalue weighted by atomic mass is 15.1. The summed E-state index contributed by atoms with van der Waals surface area (Å²) in [5, 5.41) is 0. The van der Waals surface area contributed by atoms with Gasteiger partial charge in [-0.2, -0.15) is 0 Å². The zero-order valence-electron chi connectivity index (χ0n) is 11.0. The van der Waals surface area contributed by atoms with Crippen LogP contribution >= 0.6 is 0 Å². The molecule has 0 aromatic rings. The Morgan fingerprint density at radius 2 is 1.21 bits per heavy atom. The number of rotatable bonds is 7. The van der Waals surface area contributed by atoms with Crippen LogP contribution in [0, 0.1) is 11.8 Å². The van der Waals surface area contributed by atoms with Gasteiger partial charge in [0.25, 0.3) is 0 Å². The second kappa shape index (κ2) is 7.28. The van der Waals surface area contributed by atoms with Gasteiger partial charge in [-0.15, -0.1) is 0 Å². The number of hydrogen-bond donors (Lipinski definition) is 0. The second-order valence-electron chi connectivity index (χ2n) is 5.12. The van der Waals surface area contributed by atoms with Gasteiger partial charge in [-0.3, -0.25) is 0 Å². The van der Waals surface area contributed by atoms with Crippen molar-refractivity contribution >= 4 is 0 Å². The molecule has 0 fully saturated rings. The molecule has 2 unspecified atom stereocenters. The van der Waals surface area contributed by atoms with E-state index in [9.17, 15) is 0 Å². The molecule has 0 heterocycles. The molecule has 0 aliphatic rings. The summed E-state index contributed by atoms with van der Waals surface area (Å²) in [6, 6.07) is 0.778. The minimum absolute atomic E-state index is 0.778. The molecule has 0 aliphatic carbocycles. The highest BCUT2D eigenvalue weighted by Gasteiger charge is 2.16. The maximum Gasteiger partial charge on any atom is 0.00942 e. The molecule has 0 N–H and O–H groups in total. The van der Waals surface area contributed by atoms with Crippen molar-refractivity contribution < 1.29 is 0 Å². The Balaban J connectivity index is 4.02. The molecule has 14 heavy (non-hydrogen) atoms. The fourth-order valence-corrected chi connectivity index (χ4v) is 1.78. The van der Waals surface area contributed by atoms with Crippen molar-refractivity contribution in [1.82, 2.24) is 4.90 Å². The fraction of sp³-hybridized carbons (Fsp3) is 1.00. The normalized spacial score (nSPS) is 18.2. The van der Waals surface area contributed by atoms with Crippen LogP contribution in [-0.2, 0) is 0 Å². The van der Waals surface area contributed by atoms with Crippen LogP contribution in [0.2, 0.25) is 0 Å². The van der Waals surface area contributed by atoms with Gasteiger partial charge in [0, 0.05) is 6.04 Å². The lowest BCUT2D eigenvalue weighted by molar-refractivity contribution is 0.210. The maximum absolute atomic E-state index is 2.40. The first-order chi connectivity index (χ1) is 6.51. The van der Waals surface area contributed by atoms with Crippen LogP contribution in [0.1, 0.15) is 53.4 Å². The van der Waals surface area contributed by atoms with Crippen molar-refractivity contribution in [3.8, 4) is 0 Å². The van der Waals surface area contributed by atoms with Gasteiger partial charge in [0.2, 0.25) is 0 Å². The van der Waals surface area contributed by atoms with E-state index in [1.165, 1.54) is 25.7 Å². The van der Waals surface area contributed by atoms with E-state index in [2.05, 4.69) is 46.7 Å². The Hall–Kier alpha value is -0.0400. The Morgan fingerprint density at radius 3 is 1.43 bits per heavy atom. The molecule has 0 aliphatic heterocycles. The zero-order chi connectivity index (χ0) is 11.1. The van der Waals surface area contributed by atoms with Gasteiger partial charge in [-0.25, -0.2) is 0 Å². The van der Waals surface area contributed by atoms with Crippen molar-refractivity contribution in [2.75, 3.05) is 14.1 Å². The standard InChI is InChI=1S/C13H29N/c1-7-11(3)9-13(14(5)6)10-12(4)8-2/h11-13H,7-10H2,1-6H3. The Labute approximate surface area is 90.9 Å². The second-order valence-corrected chi connectivity index (χ2v) is 5.12. The minimum atomic E-state index is 0.778.